The first-order valence-corrected chi connectivity index (χ1v) is 12.3. The van der Waals surface area contributed by atoms with Crippen molar-refractivity contribution in [3.63, 3.8) is 0 Å². The van der Waals surface area contributed by atoms with E-state index in [4.69, 9.17) is 11.8 Å². The number of rotatable bonds is 6. The van der Waals surface area contributed by atoms with Gasteiger partial charge in [0.2, 0.25) is 6.54 Å². The zero-order chi connectivity index (χ0) is 22.9. The molecule has 0 N–H and O–H groups in total. The Morgan fingerprint density at radius 2 is 1.26 bits per heavy atom. The predicted molar refractivity (Wildman–Crippen MR) is 122 cm³/mol. The molecule has 0 amide bonds. The molecule has 1 atom stereocenters. The second kappa shape index (κ2) is 8.56. The third kappa shape index (κ3) is 4.04. The van der Waals surface area contributed by atoms with E-state index in [2.05, 4.69) is 0 Å². The van der Waals surface area contributed by atoms with Gasteiger partial charge in [0.15, 0.2) is 5.16 Å². The summed E-state index contributed by atoms with van der Waals surface area (Å²) in [5.74, 6) is 0. The van der Waals surface area contributed by atoms with Gasteiger partial charge in [-0.25, -0.2) is 0 Å². The van der Waals surface area contributed by atoms with E-state index in [9.17, 15) is 10.1 Å². The fraction of sp³-hybridized carbons (Fsp3) is 0.217. The lowest BCUT2D eigenvalue weighted by Crippen LogP contribution is -2.51. The van der Waals surface area contributed by atoms with Crippen molar-refractivity contribution < 1.29 is 18.1 Å². The first kappa shape index (κ1) is 23.2. The highest BCUT2D eigenvalue weighted by Crippen LogP contribution is 2.68. The highest BCUT2D eigenvalue weighted by atomic mass is 32.4. The SMILES string of the molecule is Cc1ccc(P(=S)(c2ccc(C)cc2)[C@](C[N+](=O)[O-])(c2ccccc2)C(F)(F)F)cc1. The Hall–Kier alpha value is -2.50. The minimum atomic E-state index is -4.97. The van der Waals surface area contributed by atoms with Gasteiger partial charge in [-0.05, 0) is 30.0 Å². The molecule has 0 aromatic heterocycles. The maximum Gasteiger partial charge on any atom is 0.409 e. The van der Waals surface area contributed by atoms with E-state index in [0.29, 0.717) is 10.6 Å². The van der Waals surface area contributed by atoms with E-state index in [1.807, 2.05) is 13.8 Å². The minimum Gasteiger partial charge on any atom is -0.264 e. The van der Waals surface area contributed by atoms with Crippen LogP contribution >= 0.6 is 6.04 Å². The van der Waals surface area contributed by atoms with Crippen LogP contribution in [0.1, 0.15) is 16.7 Å². The van der Waals surface area contributed by atoms with Crippen LogP contribution in [-0.2, 0) is 17.0 Å². The zero-order valence-electron chi connectivity index (χ0n) is 17.0. The summed E-state index contributed by atoms with van der Waals surface area (Å²) in [7, 11) is 0. The van der Waals surface area contributed by atoms with Gasteiger partial charge < -0.3 is 0 Å². The van der Waals surface area contributed by atoms with Crippen LogP contribution in [0.4, 0.5) is 13.2 Å². The van der Waals surface area contributed by atoms with Crippen molar-refractivity contribution in [3.05, 3.63) is 106 Å². The molecule has 162 valence electrons. The lowest BCUT2D eigenvalue weighted by molar-refractivity contribution is -0.494. The van der Waals surface area contributed by atoms with Gasteiger partial charge in [0, 0.05) is 11.0 Å². The molecular formula is C23H21F3NO2PS. The van der Waals surface area contributed by atoms with Crippen molar-refractivity contribution in [1.29, 1.82) is 0 Å². The molecule has 0 heterocycles. The van der Waals surface area contributed by atoms with Gasteiger partial charge in [0.1, 0.15) is 0 Å². The van der Waals surface area contributed by atoms with E-state index in [-0.39, 0.29) is 5.56 Å². The van der Waals surface area contributed by atoms with Crippen molar-refractivity contribution in [1.82, 2.24) is 0 Å². The second-order valence-corrected chi connectivity index (χ2v) is 12.2. The molecule has 3 aromatic rings. The van der Waals surface area contributed by atoms with Gasteiger partial charge in [0.25, 0.3) is 0 Å². The average molecular weight is 463 g/mol. The molecular weight excluding hydrogens is 442 g/mol. The number of hydrogen-bond donors (Lipinski definition) is 0. The number of alkyl halides is 3. The molecule has 0 spiro atoms. The molecule has 0 bridgehead atoms. The predicted octanol–water partition coefficient (Wildman–Crippen LogP) is 5.47. The van der Waals surface area contributed by atoms with Crippen LogP contribution in [0, 0.1) is 24.0 Å². The molecule has 0 unspecified atom stereocenters. The van der Waals surface area contributed by atoms with Gasteiger partial charge in [-0.2, -0.15) is 13.2 Å². The lowest BCUT2D eigenvalue weighted by atomic mass is 9.97. The summed E-state index contributed by atoms with van der Waals surface area (Å²) < 4.78 is 45.3. The number of nitrogens with zero attached hydrogens (tertiary/aromatic N) is 1. The molecule has 0 aliphatic carbocycles. The molecule has 0 aliphatic heterocycles. The first-order chi connectivity index (χ1) is 14.5. The van der Waals surface area contributed by atoms with Crippen molar-refractivity contribution in [2.45, 2.75) is 25.2 Å². The Morgan fingerprint density at radius 3 is 1.61 bits per heavy atom. The van der Waals surface area contributed by atoms with Crippen LogP contribution in [-0.4, -0.2) is 17.6 Å². The molecule has 0 fully saturated rings. The molecule has 0 saturated carbocycles. The van der Waals surface area contributed by atoms with Crippen LogP contribution in [0.15, 0.2) is 78.9 Å². The van der Waals surface area contributed by atoms with E-state index in [0.717, 1.165) is 11.1 Å². The molecule has 3 aromatic carbocycles. The quantitative estimate of drug-likeness (QED) is 0.277. The van der Waals surface area contributed by atoms with E-state index < -0.39 is 28.8 Å². The van der Waals surface area contributed by atoms with Crippen molar-refractivity contribution in [2.24, 2.45) is 0 Å². The number of hydrogen-bond acceptors (Lipinski definition) is 3. The molecule has 3 rings (SSSR count). The molecule has 0 aliphatic rings. The van der Waals surface area contributed by atoms with Gasteiger partial charge in [-0.15, -0.1) is 0 Å². The number of benzene rings is 3. The highest BCUT2D eigenvalue weighted by molar-refractivity contribution is 8.22. The summed E-state index contributed by atoms with van der Waals surface area (Å²) in [5, 5.41) is 9.44. The number of halogens is 3. The van der Waals surface area contributed by atoms with Crippen LogP contribution in [0.5, 0.6) is 0 Å². The number of nitro groups is 1. The summed E-state index contributed by atoms with van der Waals surface area (Å²) in [6.07, 6.45) is -4.97. The van der Waals surface area contributed by atoms with Gasteiger partial charge >= 0.3 is 6.18 Å². The Balaban J connectivity index is 2.51. The topological polar surface area (TPSA) is 43.1 Å². The highest BCUT2D eigenvalue weighted by Gasteiger charge is 2.68. The largest absolute Gasteiger partial charge is 0.409 e. The molecule has 8 heteroatoms. The summed E-state index contributed by atoms with van der Waals surface area (Å²) in [5.41, 5.74) is 1.53. The maximum absolute atomic E-state index is 15.1. The van der Waals surface area contributed by atoms with Crippen LogP contribution in [0.2, 0.25) is 0 Å². The van der Waals surface area contributed by atoms with Gasteiger partial charge in [0.05, 0.1) is 0 Å². The van der Waals surface area contributed by atoms with Crippen molar-refractivity contribution in [3.8, 4) is 0 Å². The minimum absolute atomic E-state index is 0.191. The standard InChI is InChI=1S/C23H21F3NO2PS/c1-17-8-12-20(13-9-17)30(31,21-14-10-18(2)11-15-21)22(16-27(28)29,23(24,25)26)19-6-4-3-5-7-19/h3-15H,16H2,1-2H3/t22-/m1/s1. The Morgan fingerprint density at radius 1 is 0.839 bits per heavy atom. The van der Waals surface area contributed by atoms with Crippen LogP contribution in [0.25, 0.3) is 0 Å². The summed E-state index contributed by atoms with van der Waals surface area (Å²) in [4.78, 5) is 10.8. The average Bonchev–Trinajstić information content (AvgIpc) is 2.72. The zero-order valence-corrected chi connectivity index (χ0v) is 18.7. The van der Waals surface area contributed by atoms with Crippen molar-refractivity contribution >= 4 is 28.5 Å². The van der Waals surface area contributed by atoms with E-state index >= 15 is 13.2 Å². The molecule has 0 radical (unpaired) electrons. The van der Waals surface area contributed by atoms with Crippen molar-refractivity contribution in [2.75, 3.05) is 6.54 Å². The molecule has 3 nitrogen and oxygen atoms in total. The third-order valence-electron chi connectivity index (χ3n) is 5.41. The van der Waals surface area contributed by atoms with Gasteiger partial charge in [-0.1, -0.05) is 102 Å². The fourth-order valence-electron chi connectivity index (χ4n) is 3.80. The Bertz CT molecular complexity index is 1070. The normalized spacial score (nSPS) is 14.1. The fourth-order valence-corrected chi connectivity index (χ4v) is 8.84. The third-order valence-corrected chi connectivity index (χ3v) is 11.4. The Kier molecular flexibility index (Phi) is 6.40. The second-order valence-electron chi connectivity index (χ2n) is 7.50. The smallest absolute Gasteiger partial charge is 0.264 e. The summed E-state index contributed by atoms with van der Waals surface area (Å²) in [6, 6.07) is 16.4. The van der Waals surface area contributed by atoms with Crippen LogP contribution < -0.4 is 10.6 Å². The molecule has 0 saturated heterocycles. The lowest BCUT2D eigenvalue weighted by Gasteiger charge is -2.43. The summed E-state index contributed by atoms with van der Waals surface area (Å²) >= 11 is 5.99. The monoisotopic (exact) mass is 463 g/mol. The molecule has 31 heavy (non-hydrogen) atoms. The number of aryl methyl sites for hydroxylation is 2. The van der Waals surface area contributed by atoms with Gasteiger partial charge in [-0.3, -0.25) is 10.1 Å². The summed E-state index contributed by atoms with van der Waals surface area (Å²) in [6.45, 7) is 2.30. The Labute approximate surface area is 184 Å². The first-order valence-electron chi connectivity index (χ1n) is 9.51. The van der Waals surface area contributed by atoms with E-state index in [1.165, 1.54) is 24.3 Å². The van der Waals surface area contributed by atoms with Crippen LogP contribution in [0.3, 0.4) is 0 Å². The maximum atomic E-state index is 15.1. The van der Waals surface area contributed by atoms with E-state index in [1.54, 1.807) is 54.6 Å².